The summed E-state index contributed by atoms with van der Waals surface area (Å²) in [5.41, 5.74) is 0.790. The van der Waals surface area contributed by atoms with Crippen LogP contribution in [0.15, 0.2) is 12.5 Å². The Morgan fingerprint density at radius 2 is 2.43 bits per heavy atom. The first kappa shape index (κ1) is 10.8. The average molecular weight is 195 g/mol. The van der Waals surface area contributed by atoms with Gasteiger partial charge in [0, 0.05) is 12.7 Å². The van der Waals surface area contributed by atoms with Gasteiger partial charge in [0.2, 0.25) is 5.91 Å². The second kappa shape index (κ2) is 6.18. The first-order valence-electron chi connectivity index (χ1n) is 5.07. The quantitative estimate of drug-likeness (QED) is 0.671. The van der Waals surface area contributed by atoms with E-state index < -0.39 is 0 Å². The Morgan fingerprint density at radius 3 is 3.07 bits per heavy atom. The minimum Gasteiger partial charge on any atom is -0.356 e. The maximum Gasteiger partial charge on any atom is 0.226 e. The molecule has 0 aliphatic heterocycles. The molecule has 0 aromatic carbocycles. The van der Waals surface area contributed by atoms with E-state index in [1.165, 1.54) is 12.8 Å². The molecular formula is C10H17N3O. The van der Waals surface area contributed by atoms with Gasteiger partial charge in [0.05, 0.1) is 18.4 Å². The van der Waals surface area contributed by atoms with Crippen molar-refractivity contribution in [3.63, 3.8) is 0 Å². The Kier molecular flexibility index (Phi) is 4.75. The van der Waals surface area contributed by atoms with Gasteiger partial charge in [-0.05, 0) is 6.42 Å². The summed E-state index contributed by atoms with van der Waals surface area (Å²) >= 11 is 0. The fourth-order valence-electron chi connectivity index (χ4n) is 1.22. The molecule has 2 N–H and O–H groups in total. The van der Waals surface area contributed by atoms with Crippen molar-refractivity contribution < 1.29 is 4.79 Å². The first-order valence-corrected chi connectivity index (χ1v) is 5.07. The lowest BCUT2D eigenvalue weighted by atomic mass is 10.2. The van der Waals surface area contributed by atoms with Crippen LogP contribution in [0.2, 0.25) is 0 Å². The van der Waals surface area contributed by atoms with Gasteiger partial charge in [-0.1, -0.05) is 19.8 Å². The number of carbonyl (C=O) groups excluding carboxylic acids is 1. The van der Waals surface area contributed by atoms with Crippen LogP contribution in [0.25, 0.3) is 0 Å². The van der Waals surface area contributed by atoms with Crippen molar-refractivity contribution in [1.82, 2.24) is 15.3 Å². The average Bonchev–Trinajstić information content (AvgIpc) is 2.65. The summed E-state index contributed by atoms with van der Waals surface area (Å²) in [5, 5.41) is 2.86. The minimum atomic E-state index is 0.0493. The largest absolute Gasteiger partial charge is 0.356 e. The minimum absolute atomic E-state index is 0.0493. The van der Waals surface area contributed by atoms with Crippen LogP contribution in [0.3, 0.4) is 0 Å². The maximum atomic E-state index is 11.3. The van der Waals surface area contributed by atoms with Crippen molar-refractivity contribution in [2.24, 2.45) is 0 Å². The molecule has 0 radical (unpaired) electrons. The number of nitrogens with zero attached hydrogens (tertiary/aromatic N) is 1. The molecule has 1 heterocycles. The third-order valence-corrected chi connectivity index (χ3v) is 2.00. The summed E-state index contributed by atoms with van der Waals surface area (Å²) in [5.74, 6) is 0.0493. The van der Waals surface area contributed by atoms with Gasteiger partial charge in [-0.15, -0.1) is 0 Å². The maximum absolute atomic E-state index is 11.3. The Balaban J connectivity index is 2.11. The molecule has 0 saturated carbocycles. The normalized spacial score (nSPS) is 10.1. The lowest BCUT2D eigenvalue weighted by molar-refractivity contribution is -0.120. The summed E-state index contributed by atoms with van der Waals surface area (Å²) in [6, 6.07) is 0. The number of imidazole rings is 1. The zero-order valence-corrected chi connectivity index (χ0v) is 8.55. The topological polar surface area (TPSA) is 57.8 Å². The highest BCUT2D eigenvalue weighted by Crippen LogP contribution is 1.94. The molecule has 78 valence electrons. The number of aromatic nitrogens is 2. The monoisotopic (exact) mass is 195 g/mol. The van der Waals surface area contributed by atoms with Crippen LogP contribution in [0.1, 0.15) is 31.9 Å². The smallest absolute Gasteiger partial charge is 0.226 e. The van der Waals surface area contributed by atoms with Gasteiger partial charge in [-0.3, -0.25) is 4.79 Å². The second-order valence-electron chi connectivity index (χ2n) is 3.29. The number of carbonyl (C=O) groups is 1. The van der Waals surface area contributed by atoms with E-state index in [-0.39, 0.29) is 5.91 Å². The predicted molar refractivity (Wildman–Crippen MR) is 54.8 cm³/mol. The van der Waals surface area contributed by atoms with Crippen LogP contribution in [0, 0.1) is 0 Å². The number of H-pyrrole nitrogens is 1. The molecule has 0 saturated heterocycles. The van der Waals surface area contributed by atoms with E-state index in [0.29, 0.717) is 6.42 Å². The van der Waals surface area contributed by atoms with Crippen molar-refractivity contribution in [3.05, 3.63) is 18.2 Å². The molecule has 14 heavy (non-hydrogen) atoms. The van der Waals surface area contributed by atoms with Crippen molar-refractivity contribution in [2.75, 3.05) is 6.54 Å². The third kappa shape index (κ3) is 4.07. The zero-order valence-electron chi connectivity index (χ0n) is 8.55. The van der Waals surface area contributed by atoms with E-state index in [2.05, 4.69) is 22.2 Å². The van der Waals surface area contributed by atoms with Gasteiger partial charge in [0.1, 0.15) is 0 Å². The number of nitrogens with one attached hydrogen (secondary N) is 2. The molecule has 0 aliphatic rings. The highest BCUT2D eigenvalue weighted by molar-refractivity contribution is 5.77. The van der Waals surface area contributed by atoms with Crippen LogP contribution in [-0.4, -0.2) is 22.4 Å². The van der Waals surface area contributed by atoms with Gasteiger partial charge in [0.15, 0.2) is 0 Å². The van der Waals surface area contributed by atoms with Crippen LogP contribution in [0.5, 0.6) is 0 Å². The van der Waals surface area contributed by atoms with Gasteiger partial charge in [-0.2, -0.15) is 0 Å². The van der Waals surface area contributed by atoms with Crippen LogP contribution in [0.4, 0.5) is 0 Å². The molecule has 0 atom stereocenters. The third-order valence-electron chi connectivity index (χ3n) is 2.00. The van der Waals surface area contributed by atoms with Gasteiger partial charge < -0.3 is 10.3 Å². The Bertz CT molecular complexity index is 256. The van der Waals surface area contributed by atoms with Crippen LogP contribution >= 0.6 is 0 Å². The molecule has 1 aromatic rings. The van der Waals surface area contributed by atoms with Crippen molar-refractivity contribution in [1.29, 1.82) is 0 Å². The van der Waals surface area contributed by atoms with E-state index in [1.54, 1.807) is 12.5 Å². The summed E-state index contributed by atoms with van der Waals surface area (Å²) < 4.78 is 0. The molecule has 1 amide bonds. The number of hydrogen-bond acceptors (Lipinski definition) is 2. The number of amides is 1. The van der Waals surface area contributed by atoms with E-state index in [4.69, 9.17) is 0 Å². The van der Waals surface area contributed by atoms with Gasteiger partial charge in [0.25, 0.3) is 0 Å². The van der Waals surface area contributed by atoms with E-state index in [0.717, 1.165) is 18.7 Å². The number of unbranched alkanes of at least 4 members (excludes halogenated alkanes) is 2. The molecule has 0 unspecified atom stereocenters. The number of aromatic amines is 1. The molecule has 0 bridgehead atoms. The standard InChI is InChI=1S/C10H17N3O/c1-2-3-4-5-12-10(14)6-9-7-11-8-13-9/h7-8H,2-6H2,1H3,(H,11,13)(H,12,14). The lowest BCUT2D eigenvalue weighted by Crippen LogP contribution is -2.26. The van der Waals surface area contributed by atoms with Crippen molar-refractivity contribution in [3.8, 4) is 0 Å². The van der Waals surface area contributed by atoms with Gasteiger partial charge >= 0.3 is 0 Å². The molecule has 0 spiro atoms. The SMILES string of the molecule is CCCCCNC(=O)Cc1c[nH]cn1. The van der Waals surface area contributed by atoms with Crippen LogP contribution < -0.4 is 5.32 Å². The van der Waals surface area contributed by atoms with Crippen molar-refractivity contribution in [2.45, 2.75) is 32.6 Å². The predicted octanol–water partition coefficient (Wildman–Crippen LogP) is 1.26. The van der Waals surface area contributed by atoms with Gasteiger partial charge in [-0.25, -0.2) is 4.98 Å². The molecule has 4 nitrogen and oxygen atoms in total. The molecule has 0 fully saturated rings. The Hall–Kier alpha value is -1.32. The van der Waals surface area contributed by atoms with Crippen LogP contribution in [-0.2, 0) is 11.2 Å². The first-order chi connectivity index (χ1) is 6.83. The Morgan fingerprint density at radius 1 is 1.57 bits per heavy atom. The molecule has 0 aliphatic carbocycles. The Labute approximate surface area is 84.1 Å². The highest BCUT2D eigenvalue weighted by atomic mass is 16.1. The fraction of sp³-hybridized carbons (Fsp3) is 0.600. The summed E-state index contributed by atoms with van der Waals surface area (Å²) in [6.07, 6.45) is 7.10. The van der Waals surface area contributed by atoms with E-state index in [9.17, 15) is 4.79 Å². The molecule has 1 rings (SSSR count). The summed E-state index contributed by atoms with van der Waals surface area (Å²) in [4.78, 5) is 18.1. The zero-order chi connectivity index (χ0) is 10.2. The highest BCUT2D eigenvalue weighted by Gasteiger charge is 2.03. The summed E-state index contributed by atoms with van der Waals surface area (Å²) in [7, 11) is 0. The van der Waals surface area contributed by atoms with Crippen molar-refractivity contribution >= 4 is 5.91 Å². The molecular weight excluding hydrogens is 178 g/mol. The molecule has 1 aromatic heterocycles. The van der Waals surface area contributed by atoms with E-state index >= 15 is 0 Å². The summed E-state index contributed by atoms with van der Waals surface area (Å²) in [6.45, 7) is 2.92. The second-order valence-corrected chi connectivity index (χ2v) is 3.29. The lowest BCUT2D eigenvalue weighted by Gasteiger charge is -2.02. The number of hydrogen-bond donors (Lipinski definition) is 2. The number of rotatable bonds is 6. The van der Waals surface area contributed by atoms with E-state index in [1.807, 2.05) is 0 Å². The fourth-order valence-corrected chi connectivity index (χ4v) is 1.22. The molecule has 4 heteroatoms.